The number of rotatable bonds is 5. The maximum absolute atomic E-state index is 12.9. The van der Waals surface area contributed by atoms with Gasteiger partial charge in [-0.05, 0) is 62.7 Å². The van der Waals surface area contributed by atoms with Gasteiger partial charge in [0.2, 0.25) is 5.89 Å². The largest absolute Gasteiger partial charge is 0.478 e. The van der Waals surface area contributed by atoms with E-state index < -0.39 is 5.60 Å². The Labute approximate surface area is 168 Å². The molecule has 0 aliphatic heterocycles. The van der Waals surface area contributed by atoms with Crippen molar-refractivity contribution in [2.24, 2.45) is 0 Å². The number of carbonyl (C=O) groups is 1. The molecular formula is C23H21N3O3. The van der Waals surface area contributed by atoms with E-state index in [4.69, 9.17) is 9.15 Å². The summed E-state index contributed by atoms with van der Waals surface area (Å²) in [7, 11) is 0. The third kappa shape index (κ3) is 3.82. The zero-order chi connectivity index (χ0) is 20.4. The molecule has 4 aromatic rings. The highest BCUT2D eigenvalue weighted by atomic mass is 16.5. The van der Waals surface area contributed by atoms with E-state index in [0.717, 1.165) is 11.1 Å². The average Bonchev–Trinajstić information content (AvgIpc) is 3.14. The van der Waals surface area contributed by atoms with Gasteiger partial charge in [0.25, 0.3) is 5.91 Å². The normalized spacial score (nSPS) is 11.4. The lowest BCUT2D eigenvalue weighted by atomic mass is 10.0. The number of hydrogen-bond acceptors (Lipinski definition) is 5. The molecule has 1 N–H and O–H groups in total. The third-order valence-electron chi connectivity index (χ3n) is 4.64. The summed E-state index contributed by atoms with van der Waals surface area (Å²) in [6.45, 7) is 5.39. The van der Waals surface area contributed by atoms with E-state index in [0.29, 0.717) is 28.6 Å². The van der Waals surface area contributed by atoms with E-state index in [1.54, 1.807) is 26.1 Å². The van der Waals surface area contributed by atoms with Gasteiger partial charge in [-0.1, -0.05) is 24.3 Å². The molecule has 0 saturated heterocycles. The second-order valence-electron chi connectivity index (χ2n) is 7.20. The minimum atomic E-state index is -1.05. The van der Waals surface area contributed by atoms with E-state index in [2.05, 4.69) is 15.3 Å². The quantitative estimate of drug-likeness (QED) is 0.522. The van der Waals surface area contributed by atoms with E-state index in [1.807, 2.05) is 61.5 Å². The Hall–Kier alpha value is -3.67. The maximum atomic E-state index is 12.9. The molecule has 0 aliphatic carbocycles. The third-order valence-corrected chi connectivity index (χ3v) is 4.64. The van der Waals surface area contributed by atoms with Crippen LogP contribution in [0.4, 0.5) is 5.69 Å². The van der Waals surface area contributed by atoms with Gasteiger partial charge in [-0.25, -0.2) is 4.98 Å². The Bertz CT molecular complexity index is 1130. The summed E-state index contributed by atoms with van der Waals surface area (Å²) in [4.78, 5) is 21.6. The van der Waals surface area contributed by atoms with Crippen LogP contribution in [-0.4, -0.2) is 21.5 Å². The average molecular weight is 387 g/mol. The molecular weight excluding hydrogens is 366 g/mol. The summed E-state index contributed by atoms with van der Waals surface area (Å²) >= 11 is 0. The van der Waals surface area contributed by atoms with Crippen molar-refractivity contribution >= 4 is 22.8 Å². The molecule has 0 aliphatic rings. The molecule has 6 nitrogen and oxygen atoms in total. The zero-order valence-electron chi connectivity index (χ0n) is 16.5. The molecule has 0 saturated carbocycles. The van der Waals surface area contributed by atoms with Crippen molar-refractivity contribution < 1.29 is 13.9 Å². The highest BCUT2D eigenvalue weighted by molar-refractivity contribution is 5.98. The summed E-state index contributed by atoms with van der Waals surface area (Å²) in [5.74, 6) is 0.852. The lowest BCUT2D eigenvalue weighted by Gasteiger charge is -2.26. The number of benzene rings is 2. The van der Waals surface area contributed by atoms with Crippen LogP contribution in [0.1, 0.15) is 19.4 Å². The number of anilines is 1. The molecule has 0 atom stereocenters. The Morgan fingerprint density at radius 1 is 1.03 bits per heavy atom. The molecule has 0 radical (unpaired) electrons. The van der Waals surface area contributed by atoms with Crippen LogP contribution < -0.4 is 10.1 Å². The van der Waals surface area contributed by atoms with Gasteiger partial charge >= 0.3 is 0 Å². The topological polar surface area (TPSA) is 77.2 Å². The number of carbonyl (C=O) groups excluding carboxylic acids is 1. The van der Waals surface area contributed by atoms with Crippen molar-refractivity contribution in [1.29, 1.82) is 0 Å². The standard InChI is InChI=1S/C23H21N3O3/c1-15-17(21-26-20-19(28-21)13-8-14-24-20)11-7-12-18(15)25-22(27)23(2,3)29-16-9-5-4-6-10-16/h4-14H,1-3H3,(H,25,27). The molecule has 0 bridgehead atoms. The Morgan fingerprint density at radius 3 is 2.59 bits per heavy atom. The van der Waals surface area contributed by atoms with E-state index in [9.17, 15) is 4.79 Å². The molecule has 0 fully saturated rings. The summed E-state index contributed by atoms with van der Waals surface area (Å²) in [5, 5.41) is 2.97. The number of oxazole rings is 1. The van der Waals surface area contributed by atoms with Gasteiger partial charge in [0.15, 0.2) is 16.8 Å². The van der Waals surface area contributed by atoms with Crippen LogP contribution in [0.15, 0.2) is 71.3 Å². The van der Waals surface area contributed by atoms with Gasteiger partial charge in [0.05, 0.1) is 0 Å². The van der Waals surface area contributed by atoms with Gasteiger partial charge in [0.1, 0.15) is 5.75 Å². The van der Waals surface area contributed by atoms with Crippen LogP contribution in [0, 0.1) is 6.92 Å². The summed E-state index contributed by atoms with van der Waals surface area (Å²) < 4.78 is 11.7. The van der Waals surface area contributed by atoms with Crippen LogP contribution in [0.2, 0.25) is 0 Å². The van der Waals surface area contributed by atoms with E-state index in [1.165, 1.54) is 0 Å². The van der Waals surface area contributed by atoms with Crippen LogP contribution >= 0.6 is 0 Å². The number of para-hydroxylation sites is 1. The predicted molar refractivity (Wildman–Crippen MR) is 112 cm³/mol. The number of aromatic nitrogens is 2. The number of pyridine rings is 1. The molecule has 1 amide bonds. The number of hydrogen-bond donors (Lipinski definition) is 1. The molecule has 2 aromatic heterocycles. The fraction of sp³-hybridized carbons (Fsp3) is 0.174. The number of nitrogens with zero attached hydrogens (tertiary/aromatic N) is 2. The van der Waals surface area contributed by atoms with Gasteiger partial charge in [-0.15, -0.1) is 0 Å². The van der Waals surface area contributed by atoms with Gasteiger partial charge in [-0.3, -0.25) is 4.79 Å². The van der Waals surface area contributed by atoms with Crippen molar-refractivity contribution in [3.8, 4) is 17.2 Å². The summed E-state index contributed by atoms with van der Waals surface area (Å²) in [6.07, 6.45) is 1.67. The lowest BCUT2D eigenvalue weighted by Crippen LogP contribution is -2.42. The number of amides is 1. The molecule has 4 rings (SSSR count). The van der Waals surface area contributed by atoms with Crippen molar-refractivity contribution in [1.82, 2.24) is 9.97 Å². The molecule has 2 aromatic carbocycles. The minimum Gasteiger partial charge on any atom is -0.478 e. The van der Waals surface area contributed by atoms with E-state index in [-0.39, 0.29) is 5.91 Å². The fourth-order valence-corrected chi connectivity index (χ4v) is 2.99. The van der Waals surface area contributed by atoms with Crippen LogP contribution in [0.25, 0.3) is 22.7 Å². The first-order chi connectivity index (χ1) is 13.9. The minimum absolute atomic E-state index is 0.249. The van der Waals surface area contributed by atoms with Crippen molar-refractivity contribution in [3.05, 3.63) is 72.4 Å². The first-order valence-electron chi connectivity index (χ1n) is 9.31. The monoisotopic (exact) mass is 387 g/mol. The van der Waals surface area contributed by atoms with Gasteiger partial charge < -0.3 is 14.5 Å². The Morgan fingerprint density at radius 2 is 1.83 bits per heavy atom. The lowest BCUT2D eigenvalue weighted by molar-refractivity contribution is -0.128. The van der Waals surface area contributed by atoms with Crippen molar-refractivity contribution in [2.75, 3.05) is 5.32 Å². The molecule has 6 heteroatoms. The molecule has 0 unspecified atom stereocenters. The Kier molecular flexibility index (Phi) is 4.76. The number of nitrogens with one attached hydrogen (secondary N) is 1. The first kappa shape index (κ1) is 18.7. The maximum Gasteiger partial charge on any atom is 0.267 e. The van der Waals surface area contributed by atoms with Gasteiger partial charge in [-0.2, -0.15) is 4.98 Å². The fourth-order valence-electron chi connectivity index (χ4n) is 2.99. The molecule has 146 valence electrons. The predicted octanol–water partition coefficient (Wildman–Crippen LogP) is 4.99. The zero-order valence-corrected chi connectivity index (χ0v) is 16.5. The van der Waals surface area contributed by atoms with Crippen LogP contribution in [-0.2, 0) is 4.79 Å². The van der Waals surface area contributed by atoms with Crippen LogP contribution in [0.5, 0.6) is 5.75 Å². The van der Waals surface area contributed by atoms with Crippen LogP contribution in [0.3, 0.4) is 0 Å². The SMILES string of the molecule is Cc1c(NC(=O)C(C)(C)Oc2ccccc2)cccc1-c1nc2ncccc2o1. The Balaban J connectivity index is 1.59. The second kappa shape index (κ2) is 7.39. The summed E-state index contributed by atoms with van der Waals surface area (Å²) in [5.41, 5.74) is 2.44. The highest BCUT2D eigenvalue weighted by Gasteiger charge is 2.30. The van der Waals surface area contributed by atoms with Crippen molar-refractivity contribution in [3.63, 3.8) is 0 Å². The molecule has 29 heavy (non-hydrogen) atoms. The van der Waals surface area contributed by atoms with E-state index >= 15 is 0 Å². The van der Waals surface area contributed by atoms with Crippen molar-refractivity contribution in [2.45, 2.75) is 26.4 Å². The van der Waals surface area contributed by atoms with Gasteiger partial charge in [0, 0.05) is 17.4 Å². The smallest absolute Gasteiger partial charge is 0.267 e. The second-order valence-corrected chi connectivity index (χ2v) is 7.20. The molecule has 2 heterocycles. The molecule has 0 spiro atoms. The number of ether oxygens (including phenoxy) is 1. The summed E-state index contributed by atoms with van der Waals surface area (Å²) in [6, 6.07) is 18.5. The number of fused-ring (bicyclic) bond motifs is 1. The first-order valence-corrected chi connectivity index (χ1v) is 9.31. The highest BCUT2D eigenvalue weighted by Crippen LogP contribution is 2.30.